The van der Waals surface area contributed by atoms with Crippen LogP contribution in [0.2, 0.25) is 0 Å². The lowest BCUT2D eigenvalue weighted by Gasteiger charge is -2.35. The zero-order valence-electron chi connectivity index (χ0n) is 19.7. The fraction of sp³-hybridized carbons (Fsp3) is 0.423. The lowest BCUT2D eigenvalue weighted by atomic mass is 9.70. The van der Waals surface area contributed by atoms with Gasteiger partial charge < -0.3 is 25.4 Å². The van der Waals surface area contributed by atoms with Gasteiger partial charge >= 0.3 is 0 Å². The summed E-state index contributed by atoms with van der Waals surface area (Å²) in [5.74, 6) is -1.20. The molecular formula is C26H28BrN3O5S. The molecule has 3 fully saturated rings. The molecule has 0 saturated carbocycles. The summed E-state index contributed by atoms with van der Waals surface area (Å²) in [6.07, 6.45) is 0.956. The summed E-state index contributed by atoms with van der Waals surface area (Å²) in [6.45, 7) is 0.155. The summed E-state index contributed by atoms with van der Waals surface area (Å²) in [4.78, 5) is 42.7. The number of hydrogen-bond donors (Lipinski definition) is 3. The Morgan fingerprint density at radius 3 is 2.44 bits per heavy atom. The number of methoxy groups -OCH3 is 1. The topological polar surface area (TPSA) is 108 Å². The van der Waals surface area contributed by atoms with Gasteiger partial charge in [0, 0.05) is 34.6 Å². The average Bonchev–Trinajstić information content (AvgIpc) is 3.47. The van der Waals surface area contributed by atoms with Gasteiger partial charge in [-0.1, -0.05) is 34.1 Å². The molecule has 36 heavy (non-hydrogen) atoms. The number of thioether (sulfide) groups is 1. The molecule has 10 heteroatoms. The molecule has 0 radical (unpaired) electrons. The van der Waals surface area contributed by atoms with Crippen molar-refractivity contribution in [1.82, 2.24) is 4.90 Å². The summed E-state index contributed by atoms with van der Waals surface area (Å²) in [6, 6.07) is 15.5. The molecule has 0 aromatic heterocycles. The number of likely N-dealkylation sites (tertiary alicyclic amines) is 1. The maximum absolute atomic E-state index is 13.8. The highest BCUT2D eigenvalue weighted by molar-refractivity contribution is 9.09. The standard InChI is InChI=1S/C26H28BrN3O5S/c1-35-17-10-8-16(9-11-17)29-24(33)22-26-14-18(27)21(36-26)19(20(26)25(34)30(22)12-5-13-31)23(32)28-15-6-3-2-4-7-15/h2-4,6-11,18-22,31H,5,12-14H2,1H3,(H,28,32)(H,29,33)/t18?,19-,20-,21-,22?,26?/m0/s1. The number of fused-ring (bicyclic) bond motifs is 1. The van der Waals surface area contributed by atoms with Crippen LogP contribution in [0, 0.1) is 11.8 Å². The molecular weight excluding hydrogens is 546 g/mol. The number of para-hydroxylation sites is 1. The predicted octanol–water partition coefficient (Wildman–Crippen LogP) is 3.12. The smallest absolute Gasteiger partial charge is 0.248 e. The number of carbonyl (C=O) groups is 3. The minimum Gasteiger partial charge on any atom is -0.497 e. The second-order valence-electron chi connectivity index (χ2n) is 9.35. The Hall–Kier alpha value is -2.56. The van der Waals surface area contributed by atoms with E-state index in [1.165, 1.54) is 0 Å². The normalized spacial score (nSPS) is 30.2. The van der Waals surface area contributed by atoms with E-state index in [2.05, 4.69) is 26.6 Å². The Bertz CT molecular complexity index is 1150. The zero-order valence-corrected chi connectivity index (χ0v) is 22.1. The number of aliphatic hydroxyl groups is 1. The van der Waals surface area contributed by atoms with E-state index in [1.54, 1.807) is 48.0 Å². The van der Waals surface area contributed by atoms with Crippen molar-refractivity contribution in [2.45, 2.75) is 33.7 Å². The van der Waals surface area contributed by atoms with Crippen LogP contribution in [0.15, 0.2) is 54.6 Å². The molecule has 3 heterocycles. The second kappa shape index (κ2) is 10.1. The largest absolute Gasteiger partial charge is 0.497 e. The summed E-state index contributed by atoms with van der Waals surface area (Å²) in [7, 11) is 1.57. The van der Waals surface area contributed by atoms with E-state index in [0.717, 1.165) is 0 Å². The van der Waals surface area contributed by atoms with Gasteiger partial charge in [-0.05, 0) is 49.2 Å². The number of nitrogens with zero attached hydrogens (tertiary/aromatic N) is 1. The molecule has 3 saturated heterocycles. The highest BCUT2D eigenvalue weighted by atomic mass is 79.9. The van der Waals surface area contributed by atoms with Gasteiger partial charge in [0.25, 0.3) is 0 Å². The maximum atomic E-state index is 13.8. The van der Waals surface area contributed by atoms with Gasteiger partial charge in [0.15, 0.2) is 0 Å². The van der Waals surface area contributed by atoms with Crippen LogP contribution in [-0.2, 0) is 14.4 Å². The van der Waals surface area contributed by atoms with Crippen LogP contribution in [0.4, 0.5) is 11.4 Å². The number of amides is 3. The van der Waals surface area contributed by atoms with Gasteiger partial charge in [-0.15, -0.1) is 11.8 Å². The van der Waals surface area contributed by atoms with Crippen molar-refractivity contribution < 1.29 is 24.2 Å². The van der Waals surface area contributed by atoms with E-state index in [0.29, 0.717) is 30.0 Å². The molecule has 2 aromatic rings. The highest BCUT2D eigenvalue weighted by Crippen LogP contribution is 2.67. The third-order valence-electron chi connectivity index (χ3n) is 7.30. The SMILES string of the molecule is COc1ccc(NC(=O)C2N(CCCO)C(=O)[C@@H]3[C@H](C(=O)Nc4ccccc4)[C@H]4SC23CC4Br)cc1. The van der Waals surface area contributed by atoms with E-state index in [1.807, 2.05) is 30.3 Å². The second-order valence-corrected chi connectivity index (χ2v) is 12.1. The zero-order chi connectivity index (χ0) is 25.4. The van der Waals surface area contributed by atoms with Crippen LogP contribution in [0.25, 0.3) is 0 Å². The van der Waals surface area contributed by atoms with Crippen molar-refractivity contribution in [3.63, 3.8) is 0 Å². The molecule has 3 unspecified atom stereocenters. The Morgan fingerprint density at radius 2 is 1.78 bits per heavy atom. The fourth-order valence-electron chi connectivity index (χ4n) is 5.84. The minimum absolute atomic E-state index is 0.00727. The third kappa shape index (κ3) is 4.18. The monoisotopic (exact) mass is 573 g/mol. The molecule has 3 aliphatic rings. The average molecular weight is 574 g/mol. The number of anilines is 2. The number of alkyl halides is 1. The summed E-state index contributed by atoms with van der Waals surface area (Å²) in [5.41, 5.74) is 1.27. The van der Waals surface area contributed by atoms with Gasteiger partial charge in [0.2, 0.25) is 17.7 Å². The number of aliphatic hydroxyl groups excluding tert-OH is 1. The number of rotatable bonds is 8. The molecule has 190 valence electrons. The van der Waals surface area contributed by atoms with Gasteiger partial charge in [0.1, 0.15) is 11.8 Å². The molecule has 2 bridgehead atoms. The first kappa shape index (κ1) is 25.1. The lowest BCUT2D eigenvalue weighted by Crippen LogP contribution is -2.52. The van der Waals surface area contributed by atoms with Crippen LogP contribution in [0.5, 0.6) is 5.75 Å². The number of carbonyl (C=O) groups excluding carboxylic acids is 3. The third-order valence-corrected chi connectivity index (χ3v) is 10.5. The van der Waals surface area contributed by atoms with Crippen molar-refractivity contribution in [3.05, 3.63) is 54.6 Å². The van der Waals surface area contributed by atoms with E-state index in [9.17, 15) is 19.5 Å². The van der Waals surface area contributed by atoms with Crippen LogP contribution in [-0.4, -0.2) is 68.9 Å². The molecule has 2 aromatic carbocycles. The molecule has 0 aliphatic carbocycles. The van der Waals surface area contributed by atoms with Crippen molar-refractivity contribution in [2.75, 3.05) is 30.9 Å². The Balaban J connectivity index is 1.46. The van der Waals surface area contributed by atoms with Gasteiger partial charge in [-0.2, -0.15) is 0 Å². The first-order chi connectivity index (χ1) is 17.4. The molecule has 3 amide bonds. The van der Waals surface area contributed by atoms with Gasteiger partial charge in [-0.3, -0.25) is 14.4 Å². The molecule has 3 N–H and O–H groups in total. The Morgan fingerprint density at radius 1 is 1.11 bits per heavy atom. The first-order valence-corrected chi connectivity index (χ1v) is 13.7. The van der Waals surface area contributed by atoms with Gasteiger partial charge in [-0.25, -0.2) is 0 Å². The Kier molecular flexibility index (Phi) is 7.02. The van der Waals surface area contributed by atoms with Crippen molar-refractivity contribution >= 4 is 56.8 Å². The lowest BCUT2D eigenvalue weighted by molar-refractivity contribution is -0.138. The highest BCUT2D eigenvalue weighted by Gasteiger charge is 2.75. The van der Waals surface area contributed by atoms with E-state index < -0.39 is 22.6 Å². The van der Waals surface area contributed by atoms with Gasteiger partial charge in [0.05, 0.1) is 23.7 Å². The number of halogens is 1. The van der Waals surface area contributed by atoms with Crippen molar-refractivity contribution in [3.8, 4) is 5.75 Å². The molecule has 1 spiro atoms. The van der Waals surface area contributed by atoms with Crippen LogP contribution < -0.4 is 15.4 Å². The molecule has 5 rings (SSSR count). The fourth-order valence-corrected chi connectivity index (χ4v) is 9.46. The van der Waals surface area contributed by atoms with E-state index >= 15 is 0 Å². The number of hydrogen-bond acceptors (Lipinski definition) is 6. The van der Waals surface area contributed by atoms with E-state index in [-0.39, 0.29) is 41.0 Å². The summed E-state index contributed by atoms with van der Waals surface area (Å²) < 4.78 is 4.46. The van der Waals surface area contributed by atoms with Crippen molar-refractivity contribution in [2.24, 2.45) is 11.8 Å². The Labute approximate surface area is 222 Å². The molecule has 8 nitrogen and oxygen atoms in total. The number of nitrogens with one attached hydrogen (secondary N) is 2. The van der Waals surface area contributed by atoms with E-state index in [4.69, 9.17) is 4.74 Å². The molecule has 3 aliphatic heterocycles. The quantitative estimate of drug-likeness (QED) is 0.419. The van der Waals surface area contributed by atoms with Crippen molar-refractivity contribution in [1.29, 1.82) is 0 Å². The van der Waals surface area contributed by atoms with Crippen LogP contribution >= 0.6 is 27.7 Å². The van der Waals surface area contributed by atoms with Crippen LogP contribution in [0.1, 0.15) is 12.8 Å². The summed E-state index contributed by atoms with van der Waals surface area (Å²) >= 11 is 5.34. The minimum atomic E-state index is -0.756. The van der Waals surface area contributed by atoms with Crippen LogP contribution in [0.3, 0.4) is 0 Å². The first-order valence-electron chi connectivity index (χ1n) is 11.9. The number of benzene rings is 2. The predicted molar refractivity (Wildman–Crippen MR) is 142 cm³/mol. The number of ether oxygens (including phenoxy) is 1. The maximum Gasteiger partial charge on any atom is 0.248 e. The summed E-state index contributed by atoms with van der Waals surface area (Å²) in [5, 5.41) is 15.3. The molecule has 6 atom stereocenters.